The number of phenolic OH excluding ortho intramolecular Hbond substituents is 1. The van der Waals surface area contributed by atoms with Crippen molar-refractivity contribution in [3.8, 4) is 5.75 Å². The molecule has 132 valence electrons. The molecule has 0 spiro atoms. The number of piperidine rings is 1. The van der Waals surface area contributed by atoms with Gasteiger partial charge in [-0.1, -0.05) is 11.6 Å². The fourth-order valence-corrected chi connectivity index (χ4v) is 3.82. The topological polar surface area (TPSA) is 47.0 Å². The highest BCUT2D eigenvalue weighted by molar-refractivity contribution is 6.30. The van der Waals surface area contributed by atoms with E-state index in [1.807, 2.05) is 4.90 Å². The molecular weight excluding hydrogens is 326 g/mol. The molecule has 2 aliphatic rings. The van der Waals surface area contributed by atoms with Crippen molar-refractivity contribution in [2.75, 3.05) is 52.9 Å². The first-order chi connectivity index (χ1) is 11.5. The lowest BCUT2D eigenvalue weighted by Crippen LogP contribution is -2.49. The molecule has 2 saturated heterocycles. The van der Waals surface area contributed by atoms with Crippen LogP contribution in [-0.4, -0.2) is 78.6 Å². The second kappa shape index (κ2) is 7.72. The molecular formula is C18H26ClN3O2. The molecule has 1 N–H and O–H groups in total. The molecule has 3 rings (SSSR count). The third kappa shape index (κ3) is 4.21. The second-order valence-electron chi connectivity index (χ2n) is 7.02. The minimum Gasteiger partial charge on any atom is -0.507 e. The molecule has 2 heterocycles. The lowest BCUT2D eigenvalue weighted by molar-refractivity contribution is 0.0606. The van der Waals surface area contributed by atoms with Gasteiger partial charge in [-0.2, -0.15) is 0 Å². The van der Waals surface area contributed by atoms with Crippen molar-refractivity contribution in [1.82, 2.24) is 14.7 Å². The largest absolute Gasteiger partial charge is 0.507 e. The monoisotopic (exact) mass is 351 g/mol. The zero-order chi connectivity index (χ0) is 17.1. The number of halogens is 1. The number of carbonyl (C=O) groups excluding carboxylic acids is 1. The van der Waals surface area contributed by atoms with Gasteiger partial charge in [0.1, 0.15) is 5.75 Å². The molecule has 0 aromatic heterocycles. The lowest BCUT2D eigenvalue weighted by atomic mass is 9.96. The summed E-state index contributed by atoms with van der Waals surface area (Å²) >= 11 is 5.86. The highest BCUT2D eigenvalue weighted by Gasteiger charge is 2.27. The van der Waals surface area contributed by atoms with Crippen LogP contribution in [0, 0.1) is 5.92 Å². The van der Waals surface area contributed by atoms with Crippen molar-refractivity contribution >= 4 is 17.5 Å². The third-order valence-electron chi connectivity index (χ3n) is 5.11. The molecule has 0 aliphatic carbocycles. The first kappa shape index (κ1) is 17.5. The summed E-state index contributed by atoms with van der Waals surface area (Å²) in [6, 6.07) is 4.70. The van der Waals surface area contributed by atoms with Gasteiger partial charge in [0.25, 0.3) is 5.91 Å². The summed E-state index contributed by atoms with van der Waals surface area (Å²) in [5.74, 6) is 0.390. The molecule has 6 heteroatoms. The Labute approximate surface area is 148 Å². The van der Waals surface area contributed by atoms with Crippen LogP contribution >= 0.6 is 11.6 Å². The fourth-order valence-electron chi connectivity index (χ4n) is 3.65. The number of hydrogen-bond acceptors (Lipinski definition) is 4. The van der Waals surface area contributed by atoms with Crippen LogP contribution in [0.25, 0.3) is 0 Å². The van der Waals surface area contributed by atoms with E-state index in [9.17, 15) is 9.90 Å². The summed E-state index contributed by atoms with van der Waals surface area (Å²) < 4.78 is 0. The normalized spacial score (nSPS) is 23.4. The summed E-state index contributed by atoms with van der Waals surface area (Å²) in [7, 11) is 2.16. The van der Waals surface area contributed by atoms with Crippen LogP contribution in [-0.2, 0) is 0 Å². The van der Waals surface area contributed by atoms with Gasteiger partial charge < -0.3 is 19.8 Å². The Bertz CT molecular complexity index is 588. The van der Waals surface area contributed by atoms with E-state index in [1.165, 1.54) is 12.5 Å². The lowest BCUT2D eigenvalue weighted by Gasteiger charge is -2.38. The number of nitrogens with zero attached hydrogens (tertiary/aromatic N) is 3. The predicted molar refractivity (Wildman–Crippen MR) is 95.7 cm³/mol. The van der Waals surface area contributed by atoms with Gasteiger partial charge in [0, 0.05) is 50.8 Å². The SMILES string of the molecule is CN1CCN(C[C@@H]2CCCN(C(=O)c3ccc(Cl)cc3O)C2)CC1. The Hall–Kier alpha value is -1.30. The maximum atomic E-state index is 12.7. The van der Waals surface area contributed by atoms with Crippen molar-refractivity contribution in [2.24, 2.45) is 5.92 Å². The van der Waals surface area contributed by atoms with E-state index in [1.54, 1.807) is 12.1 Å². The fraction of sp³-hybridized carbons (Fsp3) is 0.611. The van der Waals surface area contributed by atoms with Crippen LogP contribution in [0.5, 0.6) is 5.75 Å². The van der Waals surface area contributed by atoms with E-state index in [0.717, 1.165) is 52.2 Å². The summed E-state index contributed by atoms with van der Waals surface area (Å²) in [5, 5.41) is 10.4. The standard InChI is InChI=1S/C18H26ClN3O2/c1-20-7-9-21(10-8-20)12-14-3-2-6-22(13-14)18(24)16-5-4-15(19)11-17(16)23/h4-5,11,14,23H,2-3,6-10,12-13H2,1H3/t14-/m0/s1. The van der Waals surface area contributed by atoms with Crippen molar-refractivity contribution in [2.45, 2.75) is 12.8 Å². The van der Waals surface area contributed by atoms with Gasteiger partial charge in [-0.3, -0.25) is 4.79 Å². The van der Waals surface area contributed by atoms with Gasteiger partial charge in [0.05, 0.1) is 5.56 Å². The zero-order valence-electron chi connectivity index (χ0n) is 14.2. The Morgan fingerprint density at radius 2 is 2.00 bits per heavy atom. The van der Waals surface area contributed by atoms with Crippen molar-refractivity contribution in [1.29, 1.82) is 0 Å². The number of phenols is 1. The molecule has 2 aliphatic heterocycles. The first-order valence-corrected chi connectivity index (χ1v) is 9.09. The number of piperazine rings is 1. The Morgan fingerprint density at radius 1 is 1.25 bits per heavy atom. The number of rotatable bonds is 3. The van der Waals surface area contributed by atoms with Gasteiger partial charge in [-0.05, 0) is 44.0 Å². The van der Waals surface area contributed by atoms with Gasteiger partial charge in [0.2, 0.25) is 0 Å². The molecule has 0 saturated carbocycles. The number of likely N-dealkylation sites (tertiary alicyclic amines) is 1. The highest BCUT2D eigenvalue weighted by Crippen LogP contribution is 2.26. The summed E-state index contributed by atoms with van der Waals surface area (Å²) in [6.07, 6.45) is 2.20. The molecule has 2 fully saturated rings. The van der Waals surface area contributed by atoms with Gasteiger partial charge in [0.15, 0.2) is 0 Å². The molecule has 0 unspecified atom stereocenters. The third-order valence-corrected chi connectivity index (χ3v) is 5.34. The first-order valence-electron chi connectivity index (χ1n) is 8.71. The van der Waals surface area contributed by atoms with Gasteiger partial charge >= 0.3 is 0 Å². The number of amides is 1. The number of aromatic hydroxyl groups is 1. The van der Waals surface area contributed by atoms with E-state index in [2.05, 4.69) is 16.8 Å². The maximum Gasteiger partial charge on any atom is 0.257 e. The van der Waals surface area contributed by atoms with Crippen LogP contribution in [0.2, 0.25) is 5.02 Å². The highest BCUT2D eigenvalue weighted by atomic mass is 35.5. The van der Waals surface area contributed by atoms with Gasteiger partial charge in [-0.25, -0.2) is 0 Å². The average molecular weight is 352 g/mol. The minimum absolute atomic E-state index is 0.0336. The molecule has 1 atom stereocenters. The summed E-state index contributed by atoms with van der Waals surface area (Å²) in [6.45, 7) is 7.05. The molecule has 0 radical (unpaired) electrons. The molecule has 5 nitrogen and oxygen atoms in total. The smallest absolute Gasteiger partial charge is 0.257 e. The van der Waals surface area contributed by atoms with Crippen molar-refractivity contribution in [3.05, 3.63) is 28.8 Å². The summed E-state index contributed by atoms with van der Waals surface area (Å²) in [4.78, 5) is 19.5. The molecule has 1 amide bonds. The average Bonchev–Trinajstić information content (AvgIpc) is 2.57. The zero-order valence-corrected chi connectivity index (χ0v) is 15.0. The second-order valence-corrected chi connectivity index (χ2v) is 7.46. The van der Waals surface area contributed by atoms with E-state index >= 15 is 0 Å². The van der Waals surface area contributed by atoms with Crippen molar-refractivity contribution in [3.63, 3.8) is 0 Å². The van der Waals surface area contributed by atoms with Crippen LogP contribution in [0.15, 0.2) is 18.2 Å². The van der Waals surface area contributed by atoms with Crippen molar-refractivity contribution < 1.29 is 9.90 Å². The van der Waals surface area contributed by atoms with E-state index in [4.69, 9.17) is 11.6 Å². The molecule has 0 bridgehead atoms. The van der Waals surface area contributed by atoms with Gasteiger partial charge in [-0.15, -0.1) is 0 Å². The molecule has 1 aromatic rings. The number of likely N-dealkylation sites (N-methyl/N-ethyl adjacent to an activating group) is 1. The van der Waals surface area contributed by atoms with Crippen LogP contribution in [0.4, 0.5) is 0 Å². The maximum absolute atomic E-state index is 12.7. The quantitative estimate of drug-likeness (QED) is 0.906. The Morgan fingerprint density at radius 3 is 2.71 bits per heavy atom. The van der Waals surface area contributed by atoms with E-state index in [-0.39, 0.29) is 11.7 Å². The number of hydrogen-bond donors (Lipinski definition) is 1. The predicted octanol–water partition coefficient (Wildman–Crippen LogP) is 2.15. The Balaban J connectivity index is 1.59. The van der Waals surface area contributed by atoms with Crippen LogP contribution in [0.3, 0.4) is 0 Å². The number of carbonyl (C=O) groups is 1. The van der Waals surface area contributed by atoms with E-state index < -0.39 is 0 Å². The number of benzene rings is 1. The van der Waals surface area contributed by atoms with E-state index in [0.29, 0.717) is 16.5 Å². The van der Waals surface area contributed by atoms with Crippen LogP contribution in [0.1, 0.15) is 23.2 Å². The van der Waals surface area contributed by atoms with Crippen LogP contribution < -0.4 is 0 Å². The minimum atomic E-state index is -0.0905. The molecule has 24 heavy (non-hydrogen) atoms. The Kier molecular flexibility index (Phi) is 5.64. The molecule has 1 aromatic carbocycles. The summed E-state index contributed by atoms with van der Waals surface area (Å²) in [5.41, 5.74) is 0.347.